The Labute approximate surface area is 122 Å². The third kappa shape index (κ3) is 3.19. The molecule has 0 atom stereocenters. The van der Waals surface area contributed by atoms with Gasteiger partial charge in [0.15, 0.2) is 5.69 Å². The maximum Gasteiger partial charge on any atom is 0.279 e. The average molecular weight is 287 g/mol. The Kier molecular flexibility index (Phi) is 3.83. The molecule has 0 spiro atoms. The lowest BCUT2D eigenvalue weighted by atomic mass is 10.2. The Morgan fingerprint density at radius 3 is 2.52 bits per heavy atom. The number of amides is 1. The minimum Gasteiger partial charge on any atom is -0.369 e. The zero-order valence-electron chi connectivity index (χ0n) is 11.8. The van der Waals surface area contributed by atoms with Gasteiger partial charge >= 0.3 is 0 Å². The first-order valence-electron chi connectivity index (χ1n) is 6.85. The van der Waals surface area contributed by atoms with E-state index in [2.05, 4.69) is 37.1 Å². The third-order valence-electron chi connectivity index (χ3n) is 3.59. The van der Waals surface area contributed by atoms with Gasteiger partial charge in [-0.15, -0.1) is 0 Å². The number of carbonyl (C=O) groups excluding carboxylic acids is 1. The number of hydrogen-bond donors (Lipinski definition) is 1. The molecule has 2 aromatic rings. The highest BCUT2D eigenvalue weighted by molar-refractivity contribution is 6.02. The molecule has 1 saturated heterocycles. The highest BCUT2D eigenvalue weighted by atomic mass is 16.6. The number of carbonyl (C=O) groups is 1. The van der Waals surface area contributed by atoms with Crippen molar-refractivity contribution in [3.63, 3.8) is 0 Å². The molecule has 1 aliphatic heterocycles. The fourth-order valence-electron chi connectivity index (χ4n) is 2.28. The second kappa shape index (κ2) is 5.92. The minimum atomic E-state index is -0.330. The van der Waals surface area contributed by atoms with Crippen molar-refractivity contribution in [2.24, 2.45) is 0 Å². The van der Waals surface area contributed by atoms with Gasteiger partial charge in [0, 0.05) is 37.6 Å². The van der Waals surface area contributed by atoms with Crippen molar-refractivity contribution < 1.29 is 9.42 Å². The van der Waals surface area contributed by atoms with E-state index in [0.29, 0.717) is 0 Å². The first kappa shape index (κ1) is 13.6. The minimum absolute atomic E-state index is 0.165. The van der Waals surface area contributed by atoms with Crippen LogP contribution in [0.3, 0.4) is 0 Å². The van der Waals surface area contributed by atoms with E-state index in [1.807, 2.05) is 24.3 Å². The van der Waals surface area contributed by atoms with Gasteiger partial charge in [0.25, 0.3) is 5.91 Å². The smallest absolute Gasteiger partial charge is 0.279 e. The van der Waals surface area contributed by atoms with Gasteiger partial charge in [-0.05, 0) is 36.5 Å². The van der Waals surface area contributed by atoms with Crippen LogP contribution in [-0.2, 0) is 0 Å². The molecule has 1 N–H and O–H groups in total. The van der Waals surface area contributed by atoms with Gasteiger partial charge in [-0.2, -0.15) is 0 Å². The molecular weight excluding hydrogens is 270 g/mol. The predicted molar refractivity (Wildman–Crippen MR) is 78.4 cm³/mol. The summed E-state index contributed by atoms with van der Waals surface area (Å²) < 4.78 is 4.41. The van der Waals surface area contributed by atoms with Gasteiger partial charge < -0.3 is 15.1 Å². The number of anilines is 2. The summed E-state index contributed by atoms with van der Waals surface area (Å²) in [5, 5.41) is 9.66. The summed E-state index contributed by atoms with van der Waals surface area (Å²) in [5.74, 6) is -0.330. The molecular formula is C14H17N5O2. The van der Waals surface area contributed by atoms with Crippen molar-refractivity contribution in [1.29, 1.82) is 0 Å². The topological polar surface area (TPSA) is 74.5 Å². The highest BCUT2D eigenvalue weighted by Gasteiger charge is 2.14. The van der Waals surface area contributed by atoms with Crippen LogP contribution in [0.25, 0.3) is 0 Å². The first-order chi connectivity index (χ1) is 10.2. The third-order valence-corrected chi connectivity index (χ3v) is 3.59. The summed E-state index contributed by atoms with van der Waals surface area (Å²) in [6.07, 6.45) is 1.29. The molecule has 1 aromatic carbocycles. The van der Waals surface area contributed by atoms with Crippen LogP contribution in [0.15, 0.2) is 35.1 Å². The van der Waals surface area contributed by atoms with E-state index < -0.39 is 0 Å². The maximum atomic E-state index is 11.8. The van der Waals surface area contributed by atoms with Crippen molar-refractivity contribution >= 4 is 17.3 Å². The van der Waals surface area contributed by atoms with Gasteiger partial charge in [-0.25, -0.2) is 4.63 Å². The van der Waals surface area contributed by atoms with Crippen LogP contribution >= 0.6 is 0 Å². The number of rotatable bonds is 3. The van der Waals surface area contributed by atoms with Gasteiger partial charge in [0.1, 0.15) is 6.20 Å². The lowest BCUT2D eigenvalue weighted by Gasteiger charge is -2.34. The summed E-state index contributed by atoms with van der Waals surface area (Å²) in [4.78, 5) is 16.5. The van der Waals surface area contributed by atoms with E-state index in [4.69, 9.17) is 0 Å². The second-order valence-electron chi connectivity index (χ2n) is 5.08. The largest absolute Gasteiger partial charge is 0.369 e. The highest BCUT2D eigenvalue weighted by Crippen LogP contribution is 2.19. The average Bonchev–Trinajstić information content (AvgIpc) is 3.03. The number of hydrogen-bond acceptors (Lipinski definition) is 6. The van der Waals surface area contributed by atoms with Gasteiger partial charge in [-0.1, -0.05) is 5.16 Å². The Morgan fingerprint density at radius 1 is 1.19 bits per heavy atom. The van der Waals surface area contributed by atoms with Crippen LogP contribution < -0.4 is 10.2 Å². The van der Waals surface area contributed by atoms with Crippen LogP contribution in [0.2, 0.25) is 0 Å². The van der Waals surface area contributed by atoms with E-state index in [-0.39, 0.29) is 11.6 Å². The van der Waals surface area contributed by atoms with E-state index in [0.717, 1.165) is 31.9 Å². The molecule has 7 heteroatoms. The summed E-state index contributed by atoms with van der Waals surface area (Å²) in [6.45, 7) is 4.18. The molecule has 2 heterocycles. The molecule has 0 unspecified atom stereocenters. The second-order valence-corrected chi connectivity index (χ2v) is 5.08. The van der Waals surface area contributed by atoms with Gasteiger partial charge in [-0.3, -0.25) is 4.79 Å². The monoisotopic (exact) mass is 287 g/mol. The van der Waals surface area contributed by atoms with Crippen molar-refractivity contribution in [2.45, 2.75) is 0 Å². The molecule has 1 aliphatic rings. The lowest BCUT2D eigenvalue weighted by molar-refractivity contribution is 0.101. The van der Waals surface area contributed by atoms with E-state index >= 15 is 0 Å². The van der Waals surface area contributed by atoms with Crippen LogP contribution in [0.4, 0.5) is 11.4 Å². The Balaban J connectivity index is 1.63. The molecule has 21 heavy (non-hydrogen) atoms. The van der Waals surface area contributed by atoms with E-state index in [1.54, 1.807) is 0 Å². The van der Waals surface area contributed by atoms with Crippen molar-refractivity contribution in [3.05, 3.63) is 36.2 Å². The standard InChI is InChI=1S/C14H17N5O2/c1-18-6-8-19(9-7-18)12-4-2-11(3-5-12)16-14(20)13-10-15-21-17-13/h2-5,10H,6-9H2,1H3,(H,16,20). The van der Waals surface area contributed by atoms with E-state index in [1.165, 1.54) is 11.9 Å². The fraction of sp³-hybridized carbons (Fsp3) is 0.357. The number of likely N-dealkylation sites (N-methyl/N-ethyl adjacent to an activating group) is 1. The molecule has 3 rings (SSSR count). The molecule has 1 amide bonds. The number of aromatic nitrogens is 2. The van der Waals surface area contributed by atoms with Gasteiger partial charge in [0.05, 0.1) is 0 Å². The Hall–Kier alpha value is -2.41. The molecule has 7 nitrogen and oxygen atoms in total. The van der Waals surface area contributed by atoms with Crippen LogP contribution in [0.5, 0.6) is 0 Å². The maximum absolute atomic E-state index is 11.8. The molecule has 1 fully saturated rings. The molecule has 0 radical (unpaired) electrons. The van der Waals surface area contributed by atoms with Crippen molar-refractivity contribution in [2.75, 3.05) is 43.4 Å². The number of benzene rings is 1. The molecule has 110 valence electrons. The van der Waals surface area contributed by atoms with E-state index in [9.17, 15) is 4.79 Å². The zero-order valence-corrected chi connectivity index (χ0v) is 11.8. The fourth-order valence-corrected chi connectivity index (χ4v) is 2.28. The number of piperazine rings is 1. The SMILES string of the molecule is CN1CCN(c2ccc(NC(=O)c3cnon3)cc2)CC1. The van der Waals surface area contributed by atoms with Crippen LogP contribution in [0, 0.1) is 0 Å². The van der Waals surface area contributed by atoms with Crippen molar-refractivity contribution in [3.8, 4) is 0 Å². The Bertz CT molecular complexity index is 588. The normalized spacial score (nSPS) is 16.0. The number of nitrogens with one attached hydrogen (secondary N) is 1. The van der Waals surface area contributed by atoms with Crippen molar-refractivity contribution in [1.82, 2.24) is 15.2 Å². The summed E-state index contributed by atoms with van der Waals surface area (Å²) >= 11 is 0. The summed E-state index contributed by atoms with van der Waals surface area (Å²) in [7, 11) is 2.13. The molecule has 0 bridgehead atoms. The predicted octanol–water partition coefficient (Wildman–Crippen LogP) is 1.07. The number of nitrogens with zero attached hydrogens (tertiary/aromatic N) is 4. The van der Waals surface area contributed by atoms with Crippen LogP contribution in [0.1, 0.15) is 10.5 Å². The Morgan fingerprint density at radius 2 is 1.90 bits per heavy atom. The zero-order chi connectivity index (χ0) is 14.7. The first-order valence-corrected chi connectivity index (χ1v) is 6.85. The summed E-state index contributed by atoms with van der Waals surface area (Å²) in [6, 6.07) is 7.81. The molecule has 0 saturated carbocycles. The molecule has 1 aromatic heterocycles. The molecule has 0 aliphatic carbocycles. The quantitative estimate of drug-likeness (QED) is 0.910. The van der Waals surface area contributed by atoms with Crippen LogP contribution in [-0.4, -0.2) is 54.3 Å². The van der Waals surface area contributed by atoms with Gasteiger partial charge in [0.2, 0.25) is 0 Å². The lowest BCUT2D eigenvalue weighted by Crippen LogP contribution is -2.44. The summed E-state index contributed by atoms with van der Waals surface area (Å²) in [5.41, 5.74) is 2.06.